The number of fused-ring (bicyclic) bond motifs is 2. The Morgan fingerprint density at radius 2 is 2.10 bits per heavy atom. The molecule has 0 fully saturated rings. The first-order chi connectivity index (χ1) is 9.72. The summed E-state index contributed by atoms with van der Waals surface area (Å²) in [6, 6.07) is 6.04. The summed E-state index contributed by atoms with van der Waals surface area (Å²) in [5.41, 5.74) is 2.70. The monoisotopic (exact) mass is 268 g/mol. The van der Waals surface area contributed by atoms with E-state index in [1.165, 1.54) is 0 Å². The number of nitrogens with zero attached hydrogens (tertiary/aromatic N) is 3. The molecule has 5 nitrogen and oxygen atoms in total. The Labute approximate surface area is 117 Å². The third-order valence-electron chi connectivity index (χ3n) is 3.32. The molecule has 3 rings (SSSR count). The number of rotatable bonds is 3. The van der Waals surface area contributed by atoms with Gasteiger partial charge in [0, 0.05) is 17.0 Å². The van der Waals surface area contributed by atoms with Crippen molar-refractivity contribution < 1.29 is 4.74 Å². The zero-order valence-corrected chi connectivity index (χ0v) is 11.8. The highest BCUT2D eigenvalue weighted by Gasteiger charge is 2.09. The second-order valence-corrected chi connectivity index (χ2v) is 4.70. The van der Waals surface area contributed by atoms with Gasteiger partial charge in [0.2, 0.25) is 0 Å². The molecule has 20 heavy (non-hydrogen) atoms. The molecule has 0 spiro atoms. The van der Waals surface area contributed by atoms with Gasteiger partial charge in [0.25, 0.3) is 0 Å². The quantitative estimate of drug-likeness (QED) is 0.738. The highest BCUT2D eigenvalue weighted by Crippen LogP contribution is 2.28. The van der Waals surface area contributed by atoms with Crippen LogP contribution in [0.4, 0.5) is 0 Å². The molecule has 0 aliphatic heterocycles. The fourth-order valence-corrected chi connectivity index (χ4v) is 2.26. The van der Waals surface area contributed by atoms with Crippen LogP contribution >= 0.6 is 0 Å². The van der Waals surface area contributed by atoms with Crippen molar-refractivity contribution >= 4 is 21.9 Å². The van der Waals surface area contributed by atoms with E-state index in [0.29, 0.717) is 12.2 Å². The van der Waals surface area contributed by atoms with Gasteiger partial charge in [-0.3, -0.25) is 0 Å². The predicted octanol–water partition coefficient (Wildman–Crippen LogP) is 2.21. The number of hydrogen-bond acceptors (Lipinski definition) is 5. The first-order valence-corrected chi connectivity index (χ1v) is 6.47. The number of aromatic nitrogens is 3. The summed E-state index contributed by atoms with van der Waals surface area (Å²) in [5, 5.41) is 5.05. The van der Waals surface area contributed by atoms with Gasteiger partial charge < -0.3 is 10.1 Å². The minimum atomic E-state index is 0.626. The Balaban J connectivity index is 2.31. The van der Waals surface area contributed by atoms with Crippen LogP contribution in [-0.4, -0.2) is 29.1 Å². The molecule has 2 aromatic heterocycles. The molecule has 1 N–H and O–H groups in total. The van der Waals surface area contributed by atoms with Gasteiger partial charge in [-0.05, 0) is 31.7 Å². The zero-order chi connectivity index (χ0) is 14.1. The molecule has 102 valence electrons. The highest BCUT2D eigenvalue weighted by molar-refractivity contribution is 5.95. The van der Waals surface area contributed by atoms with E-state index in [0.717, 1.165) is 33.4 Å². The van der Waals surface area contributed by atoms with Gasteiger partial charge in [0.05, 0.1) is 13.7 Å². The molecule has 0 aliphatic rings. The van der Waals surface area contributed by atoms with Crippen LogP contribution in [0.15, 0.2) is 24.4 Å². The van der Waals surface area contributed by atoms with Gasteiger partial charge in [-0.25, -0.2) is 15.0 Å². The molecular weight excluding hydrogens is 252 g/mol. The average Bonchev–Trinajstić information content (AvgIpc) is 2.46. The lowest BCUT2D eigenvalue weighted by atomic mass is 10.1. The van der Waals surface area contributed by atoms with Crippen molar-refractivity contribution in [3.8, 4) is 5.75 Å². The summed E-state index contributed by atoms with van der Waals surface area (Å²) in [6.45, 7) is 2.69. The summed E-state index contributed by atoms with van der Waals surface area (Å²) in [6.07, 6.45) is 1.82. The lowest BCUT2D eigenvalue weighted by Crippen LogP contribution is -2.09. The van der Waals surface area contributed by atoms with Crippen LogP contribution in [0.3, 0.4) is 0 Å². The lowest BCUT2D eigenvalue weighted by molar-refractivity contribution is 0.419. The molecular formula is C15H16N4O. The van der Waals surface area contributed by atoms with E-state index in [2.05, 4.69) is 33.3 Å². The molecule has 3 aromatic rings. The standard InChI is InChI=1S/C15H16N4O/c1-9-4-5-12(20-3)14-11(9)6-10-7-17-13(8-16-2)18-15(10)19-14/h4-7,16H,8H2,1-3H3. The minimum absolute atomic E-state index is 0.626. The van der Waals surface area contributed by atoms with Gasteiger partial charge in [0.1, 0.15) is 17.1 Å². The van der Waals surface area contributed by atoms with Crippen LogP contribution in [0, 0.1) is 6.92 Å². The Morgan fingerprint density at radius 3 is 2.85 bits per heavy atom. The second kappa shape index (κ2) is 5.02. The minimum Gasteiger partial charge on any atom is -0.494 e. The number of aryl methyl sites for hydroxylation is 1. The SMILES string of the molecule is CNCc1ncc2cc3c(C)ccc(OC)c3nc2n1. The van der Waals surface area contributed by atoms with Crippen molar-refractivity contribution in [3.05, 3.63) is 35.8 Å². The van der Waals surface area contributed by atoms with Gasteiger partial charge in [-0.1, -0.05) is 6.07 Å². The van der Waals surface area contributed by atoms with Crippen LogP contribution in [0.2, 0.25) is 0 Å². The third kappa shape index (κ3) is 2.06. The number of benzene rings is 1. The third-order valence-corrected chi connectivity index (χ3v) is 3.32. The van der Waals surface area contributed by atoms with Gasteiger partial charge in [0.15, 0.2) is 5.65 Å². The first-order valence-electron chi connectivity index (χ1n) is 6.47. The van der Waals surface area contributed by atoms with Crippen LogP contribution in [0.25, 0.3) is 21.9 Å². The van der Waals surface area contributed by atoms with E-state index >= 15 is 0 Å². The van der Waals surface area contributed by atoms with Crippen LogP contribution in [0.5, 0.6) is 5.75 Å². The molecule has 0 saturated carbocycles. The van der Waals surface area contributed by atoms with E-state index in [4.69, 9.17) is 4.74 Å². The van der Waals surface area contributed by atoms with Crippen LogP contribution < -0.4 is 10.1 Å². The Kier molecular flexibility index (Phi) is 3.20. The number of nitrogens with one attached hydrogen (secondary N) is 1. The molecule has 0 atom stereocenters. The summed E-state index contributed by atoms with van der Waals surface area (Å²) in [7, 11) is 3.52. The van der Waals surface area contributed by atoms with Gasteiger partial charge in [-0.2, -0.15) is 0 Å². The molecule has 0 amide bonds. The maximum Gasteiger partial charge on any atom is 0.163 e. The Morgan fingerprint density at radius 1 is 1.25 bits per heavy atom. The smallest absolute Gasteiger partial charge is 0.163 e. The normalized spacial score (nSPS) is 11.2. The Hall–Kier alpha value is -2.27. The summed E-state index contributed by atoms with van der Waals surface area (Å²) >= 11 is 0. The Bertz CT molecular complexity index is 786. The topological polar surface area (TPSA) is 59.9 Å². The molecule has 0 unspecified atom stereocenters. The summed E-state index contributed by atoms with van der Waals surface area (Å²) in [4.78, 5) is 13.5. The predicted molar refractivity (Wildman–Crippen MR) is 78.9 cm³/mol. The molecule has 1 aromatic carbocycles. The van der Waals surface area contributed by atoms with Crippen molar-refractivity contribution in [1.29, 1.82) is 0 Å². The van der Waals surface area contributed by atoms with Gasteiger partial charge >= 0.3 is 0 Å². The largest absolute Gasteiger partial charge is 0.494 e. The average molecular weight is 268 g/mol. The zero-order valence-electron chi connectivity index (χ0n) is 11.8. The van der Waals surface area contributed by atoms with E-state index in [1.54, 1.807) is 7.11 Å². The van der Waals surface area contributed by atoms with Crippen LogP contribution in [-0.2, 0) is 6.54 Å². The summed E-state index contributed by atoms with van der Waals surface area (Å²) in [5.74, 6) is 1.50. The van der Waals surface area contributed by atoms with E-state index < -0.39 is 0 Å². The first kappa shape index (κ1) is 12.7. The number of ether oxygens (including phenoxy) is 1. The highest BCUT2D eigenvalue weighted by atomic mass is 16.5. The second-order valence-electron chi connectivity index (χ2n) is 4.70. The molecule has 2 heterocycles. The van der Waals surface area contributed by atoms with Crippen molar-refractivity contribution in [2.45, 2.75) is 13.5 Å². The molecule has 0 radical (unpaired) electrons. The van der Waals surface area contributed by atoms with Crippen molar-refractivity contribution in [2.24, 2.45) is 0 Å². The van der Waals surface area contributed by atoms with Crippen molar-refractivity contribution in [1.82, 2.24) is 20.3 Å². The number of pyridine rings is 1. The number of hydrogen-bond donors (Lipinski definition) is 1. The molecule has 0 bridgehead atoms. The summed E-state index contributed by atoms with van der Waals surface area (Å²) < 4.78 is 5.39. The fraction of sp³-hybridized carbons (Fsp3) is 0.267. The van der Waals surface area contributed by atoms with Crippen molar-refractivity contribution in [2.75, 3.05) is 14.2 Å². The van der Waals surface area contributed by atoms with Crippen LogP contribution in [0.1, 0.15) is 11.4 Å². The van der Waals surface area contributed by atoms with Gasteiger partial charge in [-0.15, -0.1) is 0 Å². The molecule has 5 heteroatoms. The van der Waals surface area contributed by atoms with E-state index in [-0.39, 0.29) is 0 Å². The number of methoxy groups -OCH3 is 1. The maximum absolute atomic E-state index is 5.39. The fourth-order valence-electron chi connectivity index (χ4n) is 2.26. The lowest BCUT2D eigenvalue weighted by Gasteiger charge is -2.08. The van der Waals surface area contributed by atoms with Crippen molar-refractivity contribution in [3.63, 3.8) is 0 Å². The van der Waals surface area contributed by atoms with E-state index in [9.17, 15) is 0 Å². The van der Waals surface area contributed by atoms with E-state index in [1.807, 2.05) is 25.4 Å². The molecule has 0 saturated heterocycles. The molecule has 0 aliphatic carbocycles. The maximum atomic E-state index is 5.39.